The van der Waals surface area contributed by atoms with Crippen LogP contribution >= 0.6 is 0 Å². The van der Waals surface area contributed by atoms with Gasteiger partial charge in [-0.1, -0.05) is 93.6 Å². The first-order valence-corrected chi connectivity index (χ1v) is 17.3. The normalized spacial score (nSPS) is 18.9. The molecule has 0 saturated heterocycles. The molecule has 2 nitrogen and oxygen atoms in total. The lowest BCUT2D eigenvalue weighted by Gasteiger charge is -2.27. The molecule has 1 aliphatic rings. The van der Waals surface area contributed by atoms with Gasteiger partial charge in [0.2, 0.25) is 11.6 Å². The molecule has 0 aliphatic heterocycles. The summed E-state index contributed by atoms with van der Waals surface area (Å²) < 4.78 is 98.6. The third kappa shape index (κ3) is 10.5. The fraction of sp³-hybridized carbons (Fsp3) is 0.500. The zero-order valence-electron chi connectivity index (χ0n) is 27.8. The van der Waals surface area contributed by atoms with E-state index in [9.17, 15) is 26.3 Å². The summed E-state index contributed by atoms with van der Waals surface area (Å²) >= 11 is 0. The SMILES string of the molecule is C=CC1CCC(c2ccc(C(F)C(F)COc3ccc(OCC(F)C(F)c4ccc(CCCCCCCC)cc4)c(F)c3F)cc2)CC1. The van der Waals surface area contributed by atoms with Crippen molar-refractivity contribution < 1.29 is 35.8 Å². The Morgan fingerprint density at radius 1 is 0.667 bits per heavy atom. The van der Waals surface area contributed by atoms with E-state index in [2.05, 4.69) is 13.5 Å². The molecule has 0 spiro atoms. The first-order valence-electron chi connectivity index (χ1n) is 17.3. The van der Waals surface area contributed by atoms with Gasteiger partial charge in [-0.15, -0.1) is 6.58 Å². The maximum absolute atomic E-state index is 14.9. The highest BCUT2D eigenvalue weighted by Crippen LogP contribution is 2.37. The monoisotopic (exact) mass is 674 g/mol. The summed E-state index contributed by atoms with van der Waals surface area (Å²) in [6, 6.07) is 15.3. The van der Waals surface area contributed by atoms with Crippen LogP contribution in [0.3, 0.4) is 0 Å². The number of allylic oxidation sites excluding steroid dienone is 1. The number of alkyl halides is 4. The minimum absolute atomic E-state index is 0.126. The van der Waals surface area contributed by atoms with Crippen molar-refractivity contribution in [2.75, 3.05) is 13.2 Å². The van der Waals surface area contributed by atoms with Gasteiger partial charge in [0.25, 0.3) is 0 Å². The van der Waals surface area contributed by atoms with Crippen LogP contribution in [0.25, 0.3) is 0 Å². The summed E-state index contributed by atoms with van der Waals surface area (Å²) in [7, 11) is 0. The lowest BCUT2D eigenvalue weighted by molar-refractivity contribution is 0.103. The molecule has 1 saturated carbocycles. The lowest BCUT2D eigenvalue weighted by atomic mass is 9.78. The first kappa shape index (κ1) is 37.4. The van der Waals surface area contributed by atoms with E-state index < -0.39 is 61.0 Å². The van der Waals surface area contributed by atoms with E-state index in [1.165, 1.54) is 37.8 Å². The third-order valence-corrected chi connectivity index (χ3v) is 9.39. The van der Waals surface area contributed by atoms with Gasteiger partial charge in [-0.3, -0.25) is 0 Å². The fourth-order valence-electron chi connectivity index (χ4n) is 6.28. The zero-order valence-corrected chi connectivity index (χ0v) is 27.8. The number of benzene rings is 3. The Kier molecular flexibility index (Phi) is 14.8. The Labute approximate surface area is 281 Å². The second-order valence-electron chi connectivity index (χ2n) is 12.9. The van der Waals surface area contributed by atoms with Crippen LogP contribution in [0.2, 0.25) is 0 Å². The van der Waals surface area contributed by atoms with Crippen LogP contribution in [-0.2, 0) is 6.42 Å². The molecule has 3 aromatic rings. The Morgan fingerprint density at radius 3 is 1.65 bits per heavy atom. The predicted molar refractivity (Wildman–Crippen MR) is 180 cm³/mol. The maximum Gasteiger partial charge on any atom is 0.204 e. The second-order valence-corrected chi connectivity index (χ2v) is 12.9. The highest BCUT2D eigenvalue weighted by Gasteiger charge is 2.27. The minimum atomic E-state index is -2.14. The molecule has 0 N–H and O–H groups in total. The summed E-state index contributed by atoms with van der Waals surface area (Å²) in [6.45, 7) is 4.31. The molecular formula is C40H48F6O2. The molecule has 1 aliphatic carbocycles. The van der Waals surface area contributed by atoms with Gasteiger partial charge < -0.3 is 9.47 Å². The van der Waals surface area contributed by atoms with E-state index in [4.69, 9.17) is 9.47 Å². The summed E-state index contributed by atoms with van der Waals surface area (Å²) in [6.07, 6.45) is 5.66. The van der Waals surface area contributed by atoms with Crippen LogP contribution in [0.5, 0.6) is 11.5 Å². The zero-order chi connectivity index (χ0) is 34.5. The number of hydrogen-bond acceptors (Lipinski definition) is 2. The topological polar surface area (TPSA) is 18.5 Å². The molecule has 0 heterocycles. The average Bonchev–Trinajstić information content (AvgIpc) is 3.12. The number of hydrogen-bond donors (Lipinski definition) is 0. The highest BCUT2D eigenvalue weighted by molar-refractivity contribution is 5.35. The number of unbranched alkanes of at least 4 members (excludes halogenated alkanes) is 5. The Balaban J connectivity index is 1.22. The van der Waals surface area contributed by atoms with Crippen molar-refractivity contribution in [1.82, 2.24) is 0 Å². The van der Waals surface area contributed by atoms with E-state index in [1.54, 1.807) is 24.3 Å². The molecule has 4 atom stereocenters. The fourth-order valence-corrected chi connectivity index (χ4v) is 6.28. The highest BCUT2D eigenvalue weighted by atomic mass is 19.2. The van der Waals surface area contributed by atoms with Gasteiger partial charge in [0, 0.05) is 0 Å². The maximum atomic E-state index is 14.9. The molecule has 1 fully saturated rings. The van der Waals surface area contributed by atoms with Crippen molar-refractivity contribution >= 4 is 0 Å². The Bertz CT molecular complexity index is 1390. The van der Waals surface area contributed by atoms with Crippen LogP contribution in [-0.4, -0.2) is 25.6 Å². The Hall–Kier alpha value is -3.42. The number of rotatable bonds is 19. The molecule has 48 heavy (non-hydrogen) atoms. The molecule has 3 aromatic carbocycles. The summed E-state index contributed by atoms with van der Waals surface area (Å²) in [4.78, 5) is 0. The largest absolute Gasteiger partial charge is 0.487 e. The van der Waals surface area contributed by atoms with Crippen LogP contribution in [0, 0.1) is 17.6 Å². The van der Waals surface area contributed by atoms with Crippen molar-refractivity contribution in [2.24, 2.45) is 5.92 Å². The molecular weight excluding hydrogens is 626 g/mol. The minimum Gasteiger partial charge on any atom is -0.487 e. The van der Waals surface area contributed by atoms with Crippen molar-refractivity contribution in [2.45, 2.75) is 108 Å². The summed E-state index contributed by atoms with van der Waals surface area (Å²) in [5.41, 5.74) is 2.37. The van der Waals surface area contributed by atoms with Gasteiger partial charge in [0.15, 0.2) is 36.2 Å². The number of aryl methyl sites for hydroxylation is 1. The number of ether oxygens (including phenoxy) is 2. The molecule has 4 rings (SSSR count). The van der Waals surface area contributed by atoms with Gasteiger partial charge in [0.05, 0.1) is 0 Å². The molecule has 4 unspecified atom stereocenters. The molecule has 8 heteroatoms. The van der Waals surface area contributed by atoms with E-state index in [0.29, 0.717) is 11.8 Å². The second kappa shape index (κ2) is 18.9. The molecule has 0 aromatic heterocycles. The summed E-state index contributed by atoms with van der Waals surface area (Å²) in [5.74, 6) is -3.41. The van der Waals surface area contributed by atoms with E-state index in [-0.39, 0.29) is 11.1 Å². The van der Waals surface area contributed by atoms with Crippen molar-refractivity contribution in [3.05, 3.63) is 107 Å². The molecule has 0 bridgehead atoms. The van der Waals surface area contributed by atoms with Crippen LogP contribution in [0.1, 0.15) is 112 Å². The van der Waals surface area contributed by atoms with Crippen molar-refractivity contribution in [3.8, 4) is 11.5 Å². The van der Waals surface area contributed by atoms with Gasteiger partial charge >= 0.3 is 0 Å². The van der Waals surface area contributed by atoms with Gasteiger partial charge in [-0.25, -0.2) is 17.6 Å². The van der Waals surface area contributed by atoms with Gasteiger partial charge in [0.1, 0.15) is 13.2 Å². The molecule has 262 valence electrons. The van der Waals surface area contributed by atoms with Crippen LogP contribution in [0.15, 0.2) is 73.3 Å². The van der Waals surface area contributed by atoms with E-state index >= 15 is 0 Å². The standard InChI is InChI=1S/C40H48F6O2/c1-3-5-6-7-8-9-10-28-13-17-31(18-14-28)37(43)33(41)25-47-35-23-24-36(40(46)39(35)45)48-26-34(42)38(44)32-21-19-30(20-22-32)29-15-11-27(4-2)12-16-29/h4,13-14,17-24,27,29,33-34,37-38H,2-3,5-12,15-16,25-26H2,1H3. The first-order chi connectivity index (χ1) is 23.2. The van der Waals surface area contributed by atoms with Crippen LogP contribution < -0.4 is 9.47 Å². The smallest absolute Gasteiger partial charge is 0.204 e. The van der Waals surface area contributed by atoms with E-state index in [1.807, 2.05) is 18.2 Å². The van der Waals surface area contributed by atoms with Gasteiger partial charge in [-0.05, 0) is 84.7 Å². The van der Waals surface area contributed by atoms with Crippen LogP contribution in [0.4, 0.5) is 26.3 Å². The van der Waals surface area contributed by atoms with E-state index in [0.717, 1.165) is 68.2 Å². The third-order valence-electron chi connectivity index (χ3n) is 9.39. The molecule has 0 radical (unpaired) electrons. The van der Waals surface area contributed by atoms with Crippen molar-refractivity contribution in [3.63, 3.8) is 0 Å². The molecule has 0 amide bonds. The lowest BCUT2D eigenvalue weighted by Crippen LogP contribution is -2.20. The predicted octanol–water partition coefficient (Wildman–Crippen LogP) is 12.2. The summed E-state index contributed by atoms with van der Waals surface area (Å²) in [5, 5.41) is 0. The van der Waals surface area contributed by atoms with Crippen molar-refractivity contribution in [1.29, 1.82) is 0 Å². The quantitative estimate of drug-likeness (QED) is 0.0716. The number of halogens is 6. The average molecular weight is 675 g/mol. The van der Waals surface area contributed by atoms with Gasteiger partial charge in [-0.2, -0.15) is 8.78 Å². The Morgan fingerprint density at radius 2 is 1.15 bits per heavy atom.